The Labute approximate surface area is 107 Å². The van der Waals surface area contributed by atoms with Gasteiger partial charge in [0.25, 0.3) is 0 Å². The van der Waals surface area contributed by atoms with E-state index in [4.69, 9.17) is 22.1 Å². The van der Waals surface area contributed by atoms with Gasteiger partial charge in [0.15, 0.2) is 0 Å². The van der Waals surface area contributed by atoms with E-state index >= 15 is 0 Å². The zero-order valence-corrected chi connectivity index (χ0v) is 10.9. The molecule has 1 aliphatic rings. The molecule has 1 aromatic carbocycles. The molecule has 4 heteroatoms. The van der Waals surface area contributed by atoms with Crippen molar-refractivity contribution < 1.29 is 4.74 Å². The van der Waals surface area contributed by atoms with Gasteiger partial charge < -0.3 is 10.5 Å². The first kappa shape index (κ1) is 12.7. The zero-order valence-electron chi connectivity index (χ0n) is 10.2. The Bertz CT molecular complexity index is 378. The summed E-state index contributed by atoms with van der Waals surface area (Å²) >= 11 is 5.90. The van der Waals surface area contributed by atoms with E-state index in [1.165, 1.54) is 18.4 Å². The molecule has 1 fully saturated rings. The van der Waals surface area contributed by atoms with E-state index in [-0.39, 0.29) is 0 Å². The largest absolute Gasteiger partial charge is 0.398 e. The molecular weight excluding hydrogens is 236 g/mol. The van der Waals surface area contributed by atoms with Crippen molar-refractivity contribution in [3.63, 3.8) is 0 Å². The van der Waals surface area contributed by atoms with E-state index in [0.717, 1.165) is 19.7 Å². The van der Waals surface area contributed by atoms with Gasteiger partial charge in [0.1, 0.15) is 0 Å². The monoisotopic (exact) mass is 254 g/mol. The molecule has 0 radical (unpaired) electrons. The smallest absolute Gasteiger partial charge is 0.0702 e. The second-order valence-corrected chi connectivity index (χ2v) is 5.09. The highest BCUT2D eigenvalue weighted by Gasteiger charge is 2.17. The van der Waals surface area contributed by atoms with Crippen LogP contribution in [-0.4, -0.2) is 31.2 Å². The molecule has 1 atom stereocenters. The lowest BCUT2D eigenvalue weighted by atomic mass is 10.1. The molecule has 1 saturated heterocycles. The highest BCUT2D eigenvalue weighted by molar-refractivity contribution is 6.33. The van der Waals surface area contributed by atoms with Crippen LogP contribution >= 0.6 is 11.6 Å². The third-order valence-corrected chi connectivity index (χ3v) is 3.40. The number of benzene rings is 1. The zero-order chi connectivity index (χ0) is 12.3. The number of halogens is 1. The van der Waals surface area contributed by atoms with E-state index < -0.39 is 0 Å². The second kappa shape index (κ2) is 5.71. The van der Waals surface area contributed by atoms with Gasteiger partial charge in [-0.2, -0.15) is 0 Å². The fourth-order valence-electron chi connectivity index (χ4n) is 2.20. The minimum Gasteiger partial charge on any atom is -0.398 e. The lowest BCUT2D eigenvalue weighted by Gasteiger charge is -2.20. The Balaban J connectivity index is 1.88. The molecule has 2 N–H and O–H groups in total. The molecule has 3 nitrogen and oxygen atoms in total. The summed E-state index contributed by atoms with van der Waals surface area (Å²) in [5.41, 5.74) is 7.62. The van der Waals surface area contributed by atoms with Crippen LogP contribution in [0.1, 0.15) is 18.4 Å². The van der Waals surface area contributed by atoms with Crippen molar-refractivity contribution in [2.45, 2.75) is 25.5 Å². The number of hydrogen-bond acceptors (Lipinski definition) is 3. The van der Waals surface area contributed by atoms with Gasteiger partial charge in [-0.05, 0) is 37.6 Å². The maximum absolute atomic E-state index is 5.90. The summed E-state index contributed by atoms with van der Waals surface area (Å²) in [6, 6.07) is 5.81. The molecule has 1 aliphatic heterocycles. The van der Waals surface area contributed by atoms with E-state index in [1.54, 1.807) is 0 Å². The highest BCUT2D eigenvalue weighted by Crippen LogP contribution is 2.20. The lowest BCUT2D eigenvalue weighted by molar-refractivity contribution is 0.0793. The Morgan fingerprint density at radius 3 is 3.00 bits per heavy atom. The van der Waals surface area contributed by atoms with Crippen LogP contribution in [0, 0.1) is 0 Å². The Hall–Kier alpha value is -0.770. The second-order valence-electron chi connectivity index (χ2n) is 4.69. The number of hydrogen-bond donors (Lipinski definition) is 1. The van der Waals surface area contributed by atoms with Crippen LogP contribution in [0.3, 0.4) is 0 Å². The topological polar surface area (TPSA) is 38.5 Å². The number of nitrogen functional groups attached to an aromatic ring is 1. The van der Waals surface area contributed by atoms with Gasteiger partial charge in [0.2, 0.25) is 0 Å². The molecule has 0 saturated carbocycles. The predicted octanol–water partition coefficient (Wildman–Crippen LogP) is 2.53. The third-order valence-electron chi connectivity index (χ3n) is 3.05. The maximum atomic E-state index is 5.90. The summed E-state index contributed by atoms with van der Waals surface area (Å²) in [6.45, 7) is 2.76. The first-order chi connectivity index (χ1) is 8.15. The van der Waals surface area contributed by atoms with Crippen molar-refractivity contribution in [3.8, 4) is 0 Å². The summed E-state index contributed by atoms with van der Waals surface area (Å²) in [7, 11) is 2.10. The van der Waals surface area contributed by atoms with Crippen LogP contribution in [0.25, 0.3) is 0 Å². The van der Waals surface area contributed by atoms with Gasteiger partial charge in [-0.25, -0.2) is 0 Å². The van der Waals surface area contributed by atoms with Crippen molar-refractivity contribution in [2.75, 3.05) is 25.9 Å². The van der Waals surface area contributed by atoms with Crippen molar-refractivity contribution in [3.05, 3.63) is 28.8 Å². The Kier molecular flexibility index (Phi) is 4.26. The summed E-state index contributed by atoms with van der Waals surface area (Å²) in [4.78, 5) is 2.26. The van der Waals surface area contributed by atoms with Gasteiger partial charge in [-0.1, -0.05) is 17.7 Å². The first-order valence-corrected chi connectivity index (χ1v) is 6.37. The van der Waals surface area contributed by atoms with E-state index in [0.29, 0.717) is 16.8 Å². The summed E-state index contributed by atoms with van der Waals surface area (Å²) < 4.78 is 5.62. The van der Waals surface area contributed by atoms with Crippen molar-refractivity contribution >= 4 is 17.3 Å². The summed E-state index contributed by atoms with van der Waals surface area (Å²) in [5.74, 6) is 0. The average molecular weight is 255 g/mol. The fraction of sp³-hybridized carbons (Fsp3) is 0.538. The van der Waals surface area contributed by atoms with Gasteiger partial charge in [0, 0.05) is 19.7 Å². The normalized spacial score (nSPS) is 20.1. The molecular formula is C13H19ClN2O. The van der Waals surface area contributed by atoms with Crippen LogP contribution in [0.5, 0.6) is 0 Å². The molecule has 94 valence electrons. The van der Waals surface area contributed by atoms with E-state index in [9.17, 15) is 0 Å². The molecule has 0 amide bonds. The van der Waals surface area contributed by atoms with Gasteiger partial charge >= 0.3 is 0 Å². The number of nitrogens with zero attached hydrogens (tertiary/aromatic N) is 1. The number of nitrogens with two attached hydrogens (primary N) is 1. The standard InChI is InChI=1S/C13H19ClN2O/c1-16(9-11-3-2-6-17-11)8-10-4-5-12(14)13(15)7-10/h4-5,7,11H,2-3,6,8-9,15H2,1H3. The SMILES string of the molecule is CN(Cc1ccc(Cl)c(N)c1)CC1CCCO1. The van der Waals surface area contributed by atoms with Crippen LogP contribution in [0.2, 0.25) is 5.02 Å². The van der Waals surface area contributed by atoms with E-state index in [2.05, 4.69) is 11.9 Å². The molecule has 0 aliphatic carbocycles. The molecule has 1 heterocycles. The minimum absolute atomic E-state index is 0.393. The van der Waals surface area contributed by atoms with Gasteiger partial charge in [-0.15, -0.1) is 0 Å². The molecule has 17 heavy (non-hydrogen) atoms. The molecule has 0 aromatic heterocycles. The quantitative estimate of drug-likeness (QED) is 0.840. The fourth-order valence-corrected chi connectivity index (χ4v) is 2.32. The average Bonchev–Trinajstić information content (AvgIpc) is 2.76. The molecule has 1 unspecified atom stereocenters. The highest BCUT2D eigenvalue weighted by atomic mass is 35.5. The molecule has 1 aromatic rings. The summed E-state index contributed by atoms with van der Waals surface area (Å²) in [5, 5.41) is 0.621. The van der Waals surface area contributed by atoms with Crippen molar-refractivity contribution in [1.29, 1.82) is 0 Å². The van der Waals surface area contributed by atoms with Crippen LogP contribution < -0.4 is 5.73 Å². The number of likely N-dealkylation sites (N-methyl/N-ethyl adjacent to an activating group) is 1. The number of ether oxygens (including phenoxy) is 1. The first-order valence-electron chi connectivity index (χ1n) is 5.99. The van der Waals surface area contributed by atoms with Gasteiger partial charge in [-0.3, -0.25) is 4.90 Å². The lowest BCUT2D eigenvalue weighted by Crippen LogP contribution is -2.28. The Morgan fingerprint density at radius 1 is 1.53 bits per heavy atom. The maximum Gasteiger partial charge on any atom is 0.0702 e. The number of anilines is 1. The van der Waals surface area contributed by atoms with Crippen molar-refractivity contribution in [2.24, 2.45) is 0 Å². The number of rotatable bonds is 4. The molecule has 2 rings (SSSR count). The van der Waals surface area contributed by atoms with Gasteiger partial charge in [0.05, 0.1) is 16.8 Å². The van der Waals surface area contributed by atoms with Crippen molar-refractivity contribution in [1.82, 2.24) is 4.90 Å². The van der Waals surface area contributed by atoms with Crippen LogP contribution in [-0.2, 0) is 11.3 Å². The Morgan fingerprint density at radius 2 is 2.35 bits per heavy atom. The third kappa shape index (κ3) is 3.60. The van der Waals surface area contributed by atoms with E-state index in [1.807, 2.05) is 18.2 Å². The van der Waals surface area contributed by atoms with Crippen LogP contribution in [0.4, 0.5) is 5.69 Å². The predicted molar refractivity (Wildman–Crippen MR) is 71.2 cm³/mol. The molecule has 0 bridgehead atoms. The minimum atomic E-state index is 0.393. The molecule has 0 spiro atoms. The summed E-state index contributed by atoms with van der Waals surface area (Å²) in [6.07, 6.45) is 2.75. The van der Waals surface area contributed by atoms with Crippen LogP contribution in [0.15, 0.2) is 18.2 Å².